The smallest absolute Gasteiger partial charge is 0.403 e. The van der Waals surface area contributed by atoms with Gasteiger partial charge in [-0.05, 0) is 6.07 Å². The second-order valence-electron chi connectivity index (χ2n) is 3.49. The molecule has 1 rings (SSSR count). The van der Waals surface area contributed by atoms with Gasteiger partial charge in [0, 0.05) is 22.8 Å². The fourth-order valence-electron chi connectivity index (χ4n) is 1.29. The van der Waals surface area contributed by atoms with Crippen LogP contribution in [0, 0.1) is 0 Å². The van der Waals surface area contributed by atoms with Gasteiger partial charge in [0.25, 0.3) is 9.05 Å². The summed E-state index contributed by atoms with van der Waals surface area (Å²) >= 11 is 0. The standard InChI is InChI=1S/C8H5ClF6N2O3S/c9-21(18,19)6-4(20-8(13,14)15)1-3(2-16)5(17-6)7(10,11)12/h1H,2,16H2. The lowest BCUT2D eigenvalue weighted by molar-refractivity contribution is -0.275. The molecule has 21 heavy (non-hydrogen) atoms. The van der Waals surface area contributed by atoms with Crippen molar-refractivity contribution in [3.8, 4) is 5.75 Å². The van der Waals surface area contributed by atoms with E-state index in [0.717, 1.165) is 0 Å². The Morgan fingerprint density at radius 3 is 2.10 bits per heavy atom. The van der Waals surface area contributed by atoms with Crippen LogP contribution in [-0.2, 0) is 21.8 Å². The predicted molar refractivity (Wildman–Crippen MR) is 56.9 cm³/mol. The van der Waals surface area contributed by atoms with Crippen LogP contribution < -0.4 is 10.5 Å². The molecule has 5 nitrogen and oxygen atoms in total. The number of pyridine rings is 1. The van der Waals surface area contributed by atoms with Crippen LogP contribution in [0.1, 0.15) is 11.3 Å². The second kappa shape index (κ2) is 5.50. The van der Waals surface area contributed by atoms with Crippen molar-refractivity contribution in [2.75, 3.05) is 0 Å². The molecule has 0 aromatic carbocycles. The quantitative estimate of drug-likeness (QED) is 0.662. The van der Waals surface area contributed by atoms with Crippen molar-refractivity contribution >= 4 is 19.7 Å². The first kappa shape index (κ1) is 17.8. The molecule has 1 aromatic heterocycles. The Bertz CT molecular complexity index is 643. The van der Waals surface area contributed by atoms with Crippen molar-refractivity contribution in [3.05, 3.63) is 17.3 Å². The third-order valence-corrected chi connectivity index (χ3v) is 3.17. The Morgan fingerprint density at radius 2 is 1.76 bits per heavy atom. The Balaban J connectivity index is 3.65. The normalized spacial score (nSPS) is 13.3. The molecule has 0 unspecified atom stereocenters. The molecule has 120 valence electrons. The minimum absolute atomic E-state index is 0.179. The molecule has 13 heteroatoms. The summed E-state index contributed by atoms with van der Waals surface area (Å²) in [4.78, 5) is 2.62. The average Bonchev–Trinajstić information content (AvgIpc) is 2.22. The zero-order valence-electron chi connectivity index (χ0n) is 9.59. The summed E-state index contributed by atoms with van der Waals surface area (Å²) in [5, 5.41) is -1.70. The molecule has 0 aliphatic heterocycles. The van der Waals surface area contributed by atoms with E-state index in [1.165, 1.54) is 0 Å². The van der Waals surface area contributed by atoms with E-state index in [1.807, 2.05) is 0 Å². The molecular formula is C8H5ClF6N2O3S. The highest BCUT2D eigenvalue weighted by atomic mass is 35.7. The highest BCUT2D eigenvalue weighted by Crippen LogP contribution is 2.37. The molecule has 0 fully saturated rings. The van der Waals surface area contributed by atoms with E-state index in [1.54, 1.807) is 0 Å². The SMILES string of the molecule is NCc1cc(OC(F)(F)F)c(S(=O)(=O)Cl)nc1C(F)(F)F. The van der Waals surface area contributed by atoms with Gasteiger partial charge >= 0.3 is 12.5 Å². The van der Waals surface area contributed by atoms with E-state index in [4.69, 9.17) is 16.4 Å². The van der Waals surface area contributed by atoms with Gasteiger partial charge in [-0.15, -0.1) is 13.2 Å². The first-order valence-electron chi connectivity index (χ1n) is 4.77. The summed E-state index contributed by atoms with van der Waals surface area (Å²) in [6, 6.07) is 0.179. The topological polar surface area (TPSA) is 82.3 Å². The maximum absolute atomic E-state index is 12.7. The van der Waals surface area contributed by atoms with E-state index in [2.05, 4.69) is 9.72 Å². The molecule has 1 heterocycles. The van der Waals surface area contributed by atoms with Crippen molar-refractivity contribution < 1.29 is 39.5 Å². The Labute approximate surface area is 118 Å². The molecule has 0 spiro atoms. The summed E-state index contributed by atoms with van der Waals surface area (Å²) in [6.07, 6.45) is -10.5. The van der Waals surface area contributed by atoms with Gasteiger partial charge < -0.3 is 10.5 Å². The summed E-state index contributed by atoms with van der Waals surface area (Å²) in [7, 11) is -0.244. The maximum atomic E-state index is 12.7. The number of ether oxygens (including phenoxy) is 1. The van der Waals surface area contributed by atoms with Gasteiger partial charge in [0.05, 0.1) is 0 Å². The number of nitrogens with zero attached hydrogens (tertiary/aromatic N) is 1. The molecule has 0 saturated carbocycles. The van der Waals surface area contributed by atoms with Crippen LogP contribution in [0.5, 0.6) is 5.75 Å². The third kappa shape index (κ3) is 4.61. The Hall–Kier alpha value is -1.27. The molecular weight excluding hydrogens is 354 g/mol. The number of aromatic nitrogens is 1. The second-order valence-corrected chi connectivity index (χ2v) is 5.97. The van der Waals surface area contributed by atoms with E-state index in [9.17, 15) is 34.8 Å². The van der Waals surface area contributed by atoms with Crippen LogP contribution in [0.4, 0.5) is 26.3 Å². The molecule has 1 aromatic rings. The third-order valence-electron chi connectivity index (χ3n) is 1.98. The first-order chi connectivity index (χ1) is 9.25. The van der Waals surface area contributed by atoms with Gasteiger partial charge in [0.1, 0.15) is 0 Å². The van der Waals surface area contributed by atoms with E-state index >= 15 is 0 Å². The number of halogens is 7. The van der Waals surface area contributed by atoms with Crippen molar-refractivity contribution in [3.63, 3.8) is 0 Å². The molecule has 0 saturated heterocycles. The average molecular weight is 359 g/mol. The van der Waals surface area contributed by atoms with Gasteiger partial charge in [0.2, 0.25) is 5.03 Å². The van der Waals surface area contributed by atoms with Crippen molar-refractivity contribution in [1.82, 2.24) is 4.98 Å². The molecule has 0 bridgehead atoms. The lowest BCUT2D eigenvalue weighted by Crippen LogP contribution is -2.22. The molecule has 0 amide bonds. The lowest BCUT2D eigenvalue weighted by Gasteiger charge is -2.16. The van der Waals surface area contributed by atoms with Crippen LogP contribution in [-0.4, -0.2) is 19.8 Å². The molecule has 0 radical (unpaired) electrons. The Morgan fingerprint density at radius 1 is 1.24 bits per heavy atom. The van der Waals surface area contributed by atoms with Crippen LogP contribution in [0.15, 0.2) is 11.1 Å². The number of hydrogen-bond donors (Lipinski definition) is 1. The van der Waals surface area contributed by atoms with Gasteiger partial charge in [-0.3, -0.25) is 0 Å². The predicted octanol–water partition coefficient (Wildman–Crippen LogP) is 2.39. The zero-order chi connectivity index (χ0) is 16.6. The Kier molecular flexibility index (Phi) is 4.65. The summed E-state index contributed by atoms with van der Waals surface area (Å²) in [6.45, 7) is -0.849. The fourth-order valence-corrected chi connectivity index (χ4v) is 2.16. The zero-order valence-corrected chi connectivity index (χ0v) is 11.2. The van der Waals surface area contributed by atoms with Crippen LogP contribution >= 0.6 is 10.7 Å². The minimum atomic E-state index is -5.36. The molecule has 0 aliphatic rings. The summed E-state index contributed by atoms with van der Waals surface area (Å²) in [5.41, 5.74) is 2.33. The van der Waals surface area contributed by atoms with Crippen LogP contribution in [0.3, 0.4) is 0 Å². The largest absolute Gasteiger partial charge is 0.573 e. The van der Waals surface area contributed by atoms with Crippen molar-refractivity contribution in [2.24, 2.45) is 5.73 Å². The monoisotopic (exact) mass is 358 g/mol. The highest BCUT2D eigenvalue weighted by Gasteiger charge is 2.40. The van der Waals surface area contributed by atoms with Crippen LogP contribution in [0.2, 0.25) is 0 Å². The molecule has 2 N–H and O–H groups in total. The molecule has 0 aliphatic carbocycles. The summed E-state index contributed by atoms with van der Waals surface area (Å²) in [5.74, 6) is -1.49. The number of hydrogen-bond acceptors (Lipinski definition) is 5. The minimum Gasteiger partial charge on any atom is -0.403 e. The van der Waals surface area contributed by atoms with Gasteiger partial charge in [0.15, 0.2) is 11.4 Å². The number of alkyl halides is 6. The van der Waals surface area contributed by atoms with E-state index < -0.39 is 50.2 Å². The van der Waals surface area contributed by atoms with Gasteiger partial charge in [-0.2, -0.15) is 13.2 Å². The fraction of sp³-hybridized carbons (Fsp3) is 0.375. The lowest BCUT2D eigenvalue weighted by atomic mass is 10.2. The first-order valence-corrected chi connectivity index (χ1v) is 7.08. The van der Waals surface area contributed by atoms with Crippen LogP contribution in [0.25, 0.3) is 0 Å². The summed E-state index contributed by atoms with van der Waals surface area (Å²) < 4.78 is 99.8. The molecule has 0 atom stereocenters. The van der Waals surface area contributed by atoms with E-state index in [-0.39, 0.29) is 6.07 Å². The van der Waals surface area contributed by atoms with Gasteiger partial charge in [-0.25, -0.2) is 13.4 Å². The number of rotatable bonds is 3. The highest BCUT2D eigenvalue weighted by molar-refractivity contribution is 8.13. The maximum Gasteiger partial charge on any atom is 0.573 e. The van der Waals surface area contributed by atoms with Gasteiger partial charge in [-0.1, -0.05) is 0 Å². The number of nitrogens with two attached hydrogens (primary N) is 1. The van der Waals surface area contributed by atoms with Crippen molar-refractivity contribution in [2.45, 2.75) is 24.1 Å². The van der Waals surface area contributed by atoms with E-state index in [0.29, 0.717) is 0 Å². The van der Waals surface area contributed by atoms with Crippen molar-refractivity contribution in [1.29, 1.82) is 0 Å².